The molecule has 0 aliphatic carbocycles. The Labute approximate surface area is 301 Å². The zero-order valence-corrected chi connectivity index (χ0v) is 28.9. The zero-order valence-electron chi connectivity index (χ0n) is 27.2. The fourth-order valence-corrected chi connectivity index (χ4v) is 9.95. The van der Waals surface area contributed by atoms with Gasteiger partial charge in [-0.05, 0) is 48.5 Å². The van der Waals surface area contributed by atoms with Crippen LogP contribution in [0.25, 0.3) is 102 Å². The monoisotopic (exact) mass is 685 g/mol. The van der Waals surface area contributed by atoms with E-state index < -0.39 is 0 Å². The molecule has 4 aromatic heterocycles. The maximum atomic E-state index is 5.14. The van der Waals surface area contributed by atoms with E-state index >= 15 is 0 Å². The molecular weight excluding hydrogens is 659 g/mol. The molecule has 0 bridgehead atoms. The van der Waals surface area contributed by atoms with Gasteiger partial charge in [0.1, 0.15) is 0 Å². The maximum absolute atomic E-state index is 5.14. The Balaban J connectivity index is 1.09. The summed E-state index contributed by atoms with van der Waals surface area (Å²) < 4.78 is 7.65. The van der Waals surface area contributed by atoms with Crippen molar-refractivity contribution >= 4 is 84.8 Å². The summed E-state index contributed by atoms with van der Waals surface area (Å²) in [6, 6.07) is 58.7. The minimum absolute atomic E-state index is 0.719. The minimum Gasteiger partial charge on any atom is -0.308 e. The lowest BCUT2D eigenvalue weighted by Crippen LogP contribution is -1.97. The van der Waals surface area contributed by atoms with Crippen LogP contribution in [0.1, 0.15) is 0 Å². The van der Waals surface area contributed by atoms with Crippen molar-refractivity contribution in [3.05, 3.63) is 164 Å². The van der Waals surface area contributed by atoms with Crippen molar-refractivity contribution in [1.29, 1.82) is 0 Å². The molecule has 0 unspecified atom stereocenters. The molecule has 0 radical (unpaired) electrons. The van der Waals surface area contributed by atoms with Gasteiger partial charge in [-0.2, -0.15) is 0 Å². The van der Waals surface area contributed by atoms with Crippen molar-refractivity contribution in [3.63, 3.8) is 0 Å². The van der Waals surface area contributed by atoms with Crippen LogP contribution < -0.4 is 0 Å². The largest absolute Gasteiger partial charge is 0.308 e. The van der Waals surface area contributed by atoms with Crippen LogP contribution in [0.4, 0.5) is 0 Å². The van der Waals surface area contributed by atoms with Gasteiger partial charge in [0.25, 0.3) is 0 Å². The predicted molar refractivity (Wildman–Crippen MR) is 218 cm³/mol. The fourth-order valence-electron chi connectivity index (χ4n) is 7.63. The van der Waals surface area contributed by atoms with Gasteiger partial charge in [0.05, 0.1) is 27.1 Å². The van der Waals surface area contributed by atoms with Crippen molar-refractivity contribution in [2.24, 2.45) is 0 Å². The lowest BCUT2D eigenvalue weighted by atomic mass is 10.0. The Kier molecular flexibility index (Phi) is 6.29. The third-order valence-electron chi connectivity index (χ3n) is 10.0. The molecule has 7 aromatic carbocycles. The maximum Gasteiger partial charge on any atom is 0.160 e. The number of hydrogen-bond acceptors (Lipinski definition) is 4. The summed E-state index contributed by atoms with van der Waals surface area (Å²) in [5.41, 5.74) is 8.53. The van der Waals surface area contributed by atoms with E-state index in [0.717, 1.165) is 39.6 Å². The smallest absolute Gasteiger partial charge is 0.160 e. The summed E-state index contributed by atoms with van der Waals surface area (Å²) in [6.07, 6.45) is 0. The van der Waals surface area contributed by atoms with Crippen molar-refractivity contribution in [1.82, 2.24) is 14.5 Å². The number of fused-ring (bicyclic) bond motifs is 10. The van der Waals surface area contributed by atoms with Crippen LogP contribution in [0.3, 0.4) is 0 Å². The first-order valence-corrected chi connectivity index (χ1v) is 18.7. The van der Waals surface area contributed by atoms with Gasteiger partial charge in [-0.1, -0.05) is 115 Å². The fraction of sp³-hybridized carbons (Fsp3) is 0. The number of rotatable bonds is 4. The molecule has 0 N–H and O–H groups in total. The van der Waals surface area contributed by atoms with Crippen LogP contribution in [0.5, 0.6) is 0 Å². The molecule has 0 aliphatic heterocycles. The van der Waals surface area contributed by atoms with Crippen molar-refractivity contribution in [2.75, 3.05) is 0 Å². The van der Waals surface area contributed by atoms with E-state index in [4.69, 9.17) is 9.97 Å². The van der Waals surface area contributed by atoms with E-state index in [1.165, 1.54) is 62.2 Å². The van der Waals surface area contributed by atoms with Crippen molar-refractivity contribution in [3.8, 4) is 39.6 Å². The van der Waals surface area contributed by atoms with E-state index in [2.05, 4.69) is 150 Å². The van der Waals surface area contributed by atoms with Crippen molar-refractivity contribution < 1.29 is 0 Å². The first-order valence-electron chi connectivity index (χ1n) is 17.1. The second-order valence-corrected chi connectivity index (χ2v) is 15.1. The van der Waals surface area contributed by atoms with Gasteiger partial charge in [-0.3, -0.25) is 0 Å². The molecule has 5 heteroatoms. The highest BCUT2D eigenvalue weighted by Crippen LogP contribution is 2.43. The summed E-state index contributed by atoms with van der Waals surface area (Å²) >= 11 is 3.71. The topological polar surface area (TPSA) is 30.7 Å². The molecule has 0 atom stereocenters. The molecule has 0 saturated carbocycles. The quantitative estimate of drug-likeness (QED) is 0.185. The van der Waals surface area contributed by atoms with Crippen LogP contribution in [0, 0.1) is 0 Å². The van der Waals surface area contributed by atoms with Gasteiger partial charge in [0.2, 0.25) is 0 Å². The Hall–Kier alpha value is -6.14. The van der Waals surface area contributed by atoms with Crippen LogP contribution in [-0.2, 0) is 0 Å². The van der Waals surface area contributed by atoms with Crippen molar-refractivity contribution in [2.45, 2.75) is 0 Å². The summed E-state index contributed by atoms with van der Waals surface area (Å²) in [5.74, 6) is 0.719. The second kappa shape index (κ2) is 11.2. The first-order chi connectivity index (χ1) is 25.3. The van der Waals surface area contributed by atoms with Gasteiger partial charge in [-0.15, -0.1) is 22.7 Å². The molecule has 3 nitrogen and oxygen atoms in total. The Morgan fingerprint density at radius 1 is 0.392 bits per heavy atom. The molecular formula is C46H27N3S2. The summed E-state index contributed by atoms with van der Waals surface area (Å²) in [5, 5.41) is 7.70. The molecule has 0 spiro atoms. The summed E-state index contributed by atoms with van der Waals surface area (Å²) in [6.45, 7) is 0. The molecule has 51 heavy (non-hydrogen) atoms. The Morgan fingerprint density at radius 2 is 1.00 bits per heavy atom. The lowest BCUT2D eigenvalue weighted by Gasteiger charge is -2.12. The van der Waals surface area contributed by atoms with Crippen LogP contribution in [0.2, 0.25) is 0 Å². The standard InChI is InChI=1S/C46H27N3S2/c1-2-10-29(11-3-1)46-47-38(27-39(48-46)30-20-25-43-37(26-30)34-14-6-8-16-41(34)50-43)28-18-21-31(22-19-28)49-40-15-7-4-12-32(40)35-23-24-36-33-13-5-9-17-42(33)51-45(36)44(35)49/h1-27H. The molecule has 11 aromatic rings. The zero-order chi connectivity index (χ0) is 33.5. The number of para-hydroxylation sites is 1. The number of benzene rings is 7. The van der Waals surface area contributed by atoms with E-state index in [0.29, 0.717) is 0 Å². The van der Waals surface area contributed by atoms with Gasteiger partial charge in [0.15, 0.2) is 5.82 Å². The summed E-state index contributed by atoms with van der Waals surface area (Å²) in [7, 11) is 0. The molecule has 0 fully saturated rings. The second-order valence-electron chi connectivity index (χ2n) is 13.0. The third-order valence-corrected chi connectivity index (χ3v) is 12.4. The van der Waals surface area contributed by atoms with Gasteiger partial charge in [-0.25, -0.2) is 9.97 Å². The summed E-state index contributed by atoms with van der Waals surface area (Å²) in [4.78, 5) is 10.3. The minimum atomic E-state index is 0.719. The van der Waals surface area contributed by atoms with E-state index in [1.54, 1.807) is 0 Å². The molecule has 11 rings (SSSR count). The average molecular weight is 686 g/mol. The first kappa shape index (κ1) is 28.7. The van der Waals surface area contributed by atoms with E-state index in [1.807, 2.05) is 40.9 Å². The third kappa shape index (κ3) is 4.49. The highest BCUT2D eigenvalue weighted by Gasteiger charge is 2.18. The number of aromatic nitrogens is 3. The van der Waals surface area contributed by atoms with Gasteiger partial charge >= 0.3 is 0 Å². The highest BCUT2D eigenvalue weighted by molar-refractivity contribution is 7.26. The molecule has 238 valence electrons. The molecule has 0 saturated heterocycles. The van der Waals surface area contributed by atoms with Gasteiger partial charge < -0.3 is 4.57 Å². The van der Waals surface area contributed by atoms with Crippen LogP contribution >= 0.6 is 22.7 Å². The SMILES string of the molecule is c1ccc(-c2nc(-c3ccc(-n4c5ccccc5c5ccc6c7ccccc7sc6c54)cc3)cc(-c3ccc4sc5ccccc5c4c3)n2)cc1. The Morgan fingerprint density at radius 3 is 1.80 bits per heavy atom. The predicted octanol–water partition coefficient (Wildman–Crippen LogP) is 13.3. The van der Waals surface area contributed by atoms with Crippen LogP contribution in [-0.4, -0.2) is 14.5 Å². The lowest BCUT2D eigenvalue weighted by molar-refractivity contribution is 1.17. The highest BCUT2D eigenvalue weighted by atomic mass is 32.1. The van der Waals surface area contributed by atoms with E-state index in [9.17, 15) is 0 Å². The normalized spacial score (nSPS) is 11.9. The number of hydrogen-bond donors (Lipinski definition) is 0. The average Bonchev–Trinajstić information content (AvgIpc) is 3.87. The number of nitrogens with zero attached hydrogens (tertiary/aromatic N) is 3. The molecule has 0 aliphatic rings. The van der Waals surface area contributed by atoms with Crippen LogP contribution in [0.15, 0.2) is 164 Å². The molecule has 0 amide bonds. The number of thiophene rings is 2. The van der Waals surface area contributed by atoms with Gasteiger partial charge in [0, 0.05) is 68.8 Å². The molecule has 4 heterocycles. The van der Waals surface area contributed by atoms with E-state index in [-0.39, 0.29) is 0 Å². The Bertz CT molecular complexity index is 3130.